The molecule has 0 aromatic heterocycles. The van der Waals surface area contributed by atoms with Crippen molar-refractivity contribution in [3.8, 4) is 5.75 Å². The first kappa shape index (κ1) is 11.0. The van der Waals surface area contributed by atoms with Crippen molar-refractivity contribution in [2.24, 2.45) is 11.7 Å². The molecular formula is C12H16BrNO. The Labute approximate surface area is 98.6 Å². The Hall–Kier alpha value is -0.540. The van der Waals surface area contributed by atoms with E-state index in [-0.39, 0.29) is 6.04 Å². The average Bonchev–Trinajstić information content (AvgIpc) is 2.74. The maximum Gasteiger partial charge on any atom is 0.115 e. The third-order valence-corrected chi connectivity index (χ3v) is 3.97. The molecule has 0 radical (unpaired) electrons. The molecule has 2 nitrogen and oxygen atoms in total. The van der Waals surface area contributed by atoms with Gasteiger partial charge in [0, 0.05) is 10.5 Å². The lowest BCUT2D eigenvalue weighted by Gasteiger charge is -2.20. The molecule has 0 aliphatic heterocycles. The fourth-order valence-corrected chi connectivity index (χ4v) is 2.87. The third-order valence-electron chi connectivity index (χ3n) is 3.25. The van der Waals surface area contributed by atoms with Crippen LogP contribution in [0.4, 0.5) is 0 Å². The van der Waals surface area contributed by atoms with Crippen molar-refractivity contribution in [1.29, 1.82) is 0 Å². The van der Waals surface area contributed by atoms with Crippen LogP contribution in [0.3, 0.4) is 0 Å². The first-order valence-corrected chi connectivity index (χ1v) is 6.22. The second-order valence-corrected chi connectivity index (χ2v) is 5.13. The minimum atomic E-state index is 0.0500. The Balaban J connectivity index is 2.23. The summed E-state index contributed by atoms with van der Waals surface area (Å²) < 4.78 is 1.000. The number of benzene rings is 1. The van der Waals surface area contributed by atoms with Crippen LogP contribution in [-0.4, -0.2) is 5.11 Å². The van der Waals surface area contributed by atoms with Crippen molar-refractivity contribution in [3.05, 3.63) is 28.2 Å². The molecule has 82 valence electrons. The highest BCUT2D eigenvalue weighted by Gasteiger charge is 2.24. The van der Waals surface area contributed by atoms with E-state index in [1.165, 1.54) is 25.7 Å². The van der Waals surface area contributed by atoms with E-state index in [9.17, 15) is 5.11 Å². The first-order chi connectivity index (χ1) is 7.18. The van der Waals surface area contributed by atoms with Gasteiger partial charge in [-0.25, -0.2) is 0 Å². The van der Waals surface area contributed by atoms with Crippen LogP contribution in [0.5, 0.6) is 5.75 Å². The van der Waals surface area contributed by atoms with Gasteiger partial charge in [0.25, 0.3) is 0 Å². The summed E-state index contributed by atoms with van der Waals surface area (Å²) in [6, 6.07) is 5.36. The molecule has 0 heterocycles. The fraction of sp³-hybridized carbons (Fsp3) is 0.500. The first-order valence-electron chi connectivity index (χ1n) is 5.42. The van der Waals surface area contributed by atoms with Crippen LogP contribution in [0.15, 0.2) is 22.7 Å². The monoisotopic (exact) mass is 269 g/mol. The summed E-state index contributed by atoms with van der Waals surface area (Å²) >= 11 is 3.49. The lowest BCUT2D eigenvalue weighted by atomic mass is 9.92. The fourth-order valence-electron chi connectivity index (χ4n) is 2.36. The molecule has 0 unspecified atom stereocenters. The summed E-state index contributed by atoms with van der Waals surface area (Å²) in [5.41, 5.74) is 7.26. The lowest BCUT2D eigenvalue weighted by molar-refractivity contribution is 0.437. The zero-order valence-corrected chi connectivity index (χ0v) is 10.2. The topological polar surface area (TPSA) is 46.2 Å². The Morgan fingerprint density at radius 2 is 2.00 bits per heavy atom. The molecule has 0 amide bonds. The molecule has 1 atom stereocenters. The summed E-state index contributed by atoms with van der Waals surface area (Å²) in [5.74, 6) is 0.866. The maximum absolute atomic E-state index is 9.45. The largest absolute Gasteiger partial charge is 0.508 e. The summed E-state index contributed by atoms with van der Waals surface area (Å²) in [5, 5.41) is 9.45. The Bertz CT molecular complexity index is 347. The highest BCUT2D eigenvalue weighted by molar-refractivity contribution is 9.10. The van der Waals surface area contributed by atoms with E-state index in [4.69, 9.17) is 5.73 Å². The molecule has 0 saturated heterocycles. The second kappa shape index (κ2) is 4.54. The van der Waals surface area contributed by atoms with Gasteiger partial charge in [0.1, 0.15) is 5.75 Å². The van der Waals surface area contributed by atoms with Gasteiger partial charge in [0.2, 0.25) is 0 Å². The van der Waals surface area contributed by atoms with Crippen LogP contribution in [0.25, 0.3) is 0 Å². The van der Waals surface area contributed by atoms with Gasteiger partial charge in [0.05, 0.1) is 0 Å². The summed E-state index contributed by atoms with van der Waals surface area (Å²) in [6.07, 6.45) is 5.00. The van der Waals surface area contributed by atoms with E-state index in [1.807, 2.05) is 6.07 Å². The molecular weight excluding hydrogens is 254 g/mol. The predicted octanol–water partition coefficient (Wildman–Crippen LogP) is 3.34. The number of nitrogens with two attached hydrogens (primary N) is 1. The van der Waals surface area contributed by atoms with E-state index in [1.54, 1.807) is 12.1 Å². The second-order valence-electron chi connectivity index (χ2n) is 4.28. The molecule has 15 heavy (non-hydrogen) atoms. The molecule has 1 aliphatic rings. The van der Waals surface area contributed by atoms with Gasteiger partial charge in [-0.15, -0.1) is 0 Å². The van der Waals surface area contributed by atoms with Gasteiger partial charge in [-0.2, -0.15) is 0 Å². The number of phenols is 1. The molecule has 3 heteroatoms. The Kier molecular flexibility index (Phi) is 3.32. The van der Waals surface area contributed by atoms with Crippen molar-refractivity contribution in [2.45, 2.75) is 31.7 Å². The molecule has 1 aromatic carbocycles. The Morgan fingerprint density at radius 3 is 2.67 bits per heavy atom. The van der Waals surface area contributed by atoms with Crippen LogP contribution >= 0.6 is 15.9 Å². The van der Waals surface area contributed by atoms with Gasteiger partial charge in [-0.3, -0.25) is 0 Å². The van der Waals surface area contributed by atoms with Gasteiger partial charge in [-0.1, -0.05) is 28.8 Å². The molecule has 1 aliphatic carbocycles. The minimum Gasteiger partial charge on any atom is -0.508 e. The normalized spacial score (nSPS) is 19.3. The number of hydrogen-bond acceptors (Lipinski definition) is 2. The van der Waals surface area contributed by atoms with Gasteiger partial charge < -0.3 is 10.8 Å². The molecule has 0 spiro atoms. The Morgan fingerprint density at radius 1 is 1.33 bits per heavy atom. The van der Waals surface area contributed by atoms with Crippen LogP contribution in [0.1, 0.15) is 37.3 Å². The minimum absolute atomic E-state index is 0.0500. The summed E-state index contributed by atoms with van der Waals surface area (Å²) in [7, 11) is 0. The van der Waals surface area contributed by atoms with Crippen molar-refractivity contribution < 1.29 is 5.11 Å². The number of aromatic hydroxyl groups is 1. The van der Waals surface area contributed by atoms with E-state index >= 15 is 0 Å². The summed E-state index contributed by atoms with van der Waals surface area (Å²) in [4.78, 5) is 0. The van der Waals surface area contributed by atoms with Crippen molar-refractivity contribution in [3.63, 3.8) is 0 Å². The standard InChI is InChI=1S/C12H16BrNO/c13-11-6-5-9(15)7-10(11)12(14)8-3-1-2-4-8/h5-8,12,15H,1-4,14H2/t12-/m1/s1. The van der Waals surface area contributed by atoms with Crippen molar-refractivity contribution >= 4 is 15.9 Å². The van der Waals surface area contributed by atoms with Gasteiger partial charge in [-0.05, 0) is 42.5 Å². The number of hydrogen-bond donors (Lipinski definition) is 2. The van der Waals surface area contributed by atoms with E-state index in [0.29, 0.717) is 11.7 Å². The highest BCUT2D eigenvalue weighted by atomic mass is 79.9. The molecule has 0 bridgehead atoms. The van der Waals surface area contributed by atoms with Crippen LogP contribution < -0.4 is 5.73 Å². The van der Waals surface area contributed by atoms with Gasteiger partial charge >= 0.3 is 0 Å². The van der Waals surface area contributed by atoms with Crippen molar-refractivity contribution in [1.82, 2.24) is 0 Å². The van der Waals surface area contributed by atoms with Crippen LogP contribution in [0, 0.1) is 5.92 Å². The molecule has 1 saturated carbocycles. The average molecular weight is 270 g/mol. The van der Waals surface area contributed by atoms with Crippen LogP contribution in [-0.2, 0) is 0 Å². The van der Waals surface area contributed by atoms with Gasteiger partial charge in [0.15, 0.2) is 0 Å². The SMILES string of the molecule is N[C@@H](c1cc(O)ccc1Br)C1CCCC1. The number of halogens is 1. The highest BCUT2D eigenvalue weighted by Crippen LogP contribution is 2.37. The van der Waals surface area contributed by atoms with Crippen LogP contribution in [0.2, 0.25) is 0 Å². The molecule has 1 fully saturated rings. The zero-order valence-electron chi connectivity index (χ0n) is 8.62. The lowest BCUT2D eigenvalue weighted by Crippen LogP contribution is -2.19. The quantitative estimate of drug-likeness (QED) is 0.865. The summed E-state index contributed by atoms with van der Waals surface area (Å²) in [6.45, 7) is 0. The molecule has 2 rings (SSSR count). The number of rotatable bonds is 2. The predicted molar refractivity (Wildman–Crippen MR) is 64.7 cm³/mol. The molecule has 1 aromatic rings. The third kappa shape index (κ3) is 2.34. The van der Waals surface area contributed by atoms with Crippen molar-refractivity contribution in [2.75, 3.05) is 0 Å². The van der Waals surface area contributed by atoms with E-state index < -0.39 is 0 Å². The molecule has 3 N–H and O–H groups in total. The maximum atomic E-state index is 9.45. The van der Waals surface area contributed by atoms with E-state index in [0.717, 1.165) is 10.0 Å². The smallest absolute Gasteiger partial charge is 0.115 e. The number of phenolic OH excluding ortho intramolecular Hbond substituents is 1. The van der Waals surface area contributed by atoms with E-state index in [2.05, 4.69) is 15.9 Å². The zero-order chi connectivity index (χ0) is 10.8.